The van der Waals surface area contributed by atoms with Crippen LogP contribution in [0.2, 0.25) is 0 Å². The maximum absolute atomic E-state index is 13.8. The molecule has 0 N–H and O–H groups in total. The minimum atomic E-state index is -4.94. The highest BCUT2D eigenvalue weighted by Crippen LogP contribution is 2.43. The molecule has 0 bridgehead atoms. The summed E-state index contributed by atoms with van der Waals surface area (Å²) in [7, 11) is 0.874. The second kappa shape index (κ2) is 11.9. The molecule has 2 atom stereocenters. The van der Waals surface area contributed by atoms with Crippen molar-refractivity contribution in [1.29, 1.82) is 0 Å². The van der Waals surface area contributed by atoms with Crippen molar-refractivity contribution in [3.8, 4) is 0 Å². The SMILES string of the molecule is C=CCCCCCCCC[C@@H](C)OC(=O)C(OC)(c1ccccc1)C(F)(F)F. The van der Waals surface area contributed by atoms with E-state index >= 15 is 0 Å². The number of carbonyl (C=O) groups excluding carboxylic acids is 1. The van der Waals surface area contributed by atoms with Crippen LogP contribution in [0.15, 0.2) is 43.0 Å². The van der Waals surface area contributed by atoms with E-state index in [-0.39, 0.29) is 5.56 Å². The van der Waals surface area contributed by atoms with Crippen molar-refractivity contribution in [2.75, 3.05) is 7.11 Å². The Morgan fingerprint density at radius 2 is 1.64 bits per heavy atom. The Labute approximate surface area is 165 Å². The van der Waals surface area contributed by atoms with E-state index in [4.69, 9.17) is 9.47 Å². The zero-order chi connectivity index (χ0) is 21.0. The number of hydrogen-bond acceptors (Lipinski definition) is 3. The van der Waals surface area contributed by atoms with Crippen LogP contribution in [0.1, 0.15) is 63.9 Å². The van der Waals surface area contributed by atoms with E-state index < -0.39 is 23.9 Å². The summed E-state index contributed by atoms with van der Waals surface area (Å²) < 4.78 is 51.3. The first-order valence-electron chi connectivity index (χ1n) is 9.79. The van der Waals surface area contributed by atoms with Crippen LogP contribution in [-0.2, 0) is 19.9 Å². The predicted molar refractivity (Wildman–Crippen MR) is 104 cm³/mol. The standard InChI is InChI=1S/C22H31F3O3/c1-4-5-6-7-8-9-10-12-15-18(2)28-20(26)21(27-3,22(23,24)25)19-16-13-11-14-17-19/h4,11,13-14,16-18H,1,5-10,12,15H2,2-3H3/t18-,21?/m1/s1. The Morgan fingerprint density at radius 3 is 2.18 bits per heavy atom. The quantitative estimate of drug-likeness (QED) is 0.220. The predicted octanol–water partition coefficient (Wildman–Crippen LogP) is 6.33. The third kappa shape index (κ3) is 6.66. The smallest absolute Gasteiger partial charge is 0.432 e. The first-order chi connectivity index (χ1) is 13.3. The third-order valence-corrected chi connectivity index (χ3v) is 4.75. The Balaban J connectivity index is 2.60. The molecule has 1 aromatic carbocycles. The number of hydrogen-bond donors (Lipinski definition) is 0. The third-order valence-electron chi connectivity index (χ3n) is 4.75. The monoisotopic (exact) mass is 400 g/mol. The molecule has 0 spiro atoms. The van der Waals surface area contributed by atoms with E-state index in [0.29, 0.717) is 6.42 Å². The molecule has 0 aliphatic rings. The van der Waals surface area contributed by atoms with Crippen molar-refractivity contribution in [2.24, 2.45) is 0 Å². The molecule has 0 saturated heterocycles. The van der Waals surface area contributed by atoms with Gasteiger partial charge in [0.2, 0.25) is 0 Å². The van der Waals surface area contributed by atoms with Crippen molar-refractivity contribution < 1.29 is 27.4 Å². The maximum Gasteiger partial charge on any atom is 0.432 e. The summed E-state index contributed by atoms with van der Waals surface area (Å²) in [5, 5.41) is 0. The van der Waals surface area contributed by atoms with Gasteiger partial charge in [-0.05, 0) is 32.6 Å². The van der Waals surface area contributed by atoms with Crippen LogP contribution in [0.3, 0.4) is 0 Å². The molecule has 6 heteroatoms. The summed E-state index contributed by atoms with van der Waals surface area (Å²) in [4.78, 5) is 12.5. The lowest BCUT2D eigenvalue weighted by Crippen LogP contribution is -2.52. The first-order valence-corrected chi connectivity index (χ1v) is 9.79. The lowest BCUT2D eigenvalue weighted by molar-refractivity contribution is -0.278. The zero-order valence-corrected chi connectivity index (χ0v) is 16.8. The molecule has 0 radical (unpaired) electrons. The van der Waals surface area contributed by atoms with Crippen molar-refractivity contribution in [1.82, 2.24) is 0 Å². The van der Waals surface area contributed by atoms with E-state index in [9.17, 15) is 18.0 Å². The van der Waals surface area contributed by atoms with Crippen LogP contribution in [0.4, 0.5) is 13.2 Å². The van der Waals surface area contributed by atoms with Gasteiger partial charge in [0.1, 0.15) is 0 Å². The van der Waals surface area contributed by atoms with Crippen LogP contribution >= 0.6 is 0 Å². The van der Waals surface area contributed by atoms with Gasteiger partial charge >= 0.3 is 12.1 Å². The molecule has 0 fully saturated rings. The number of carbonyl (C=O) groups is 1. The normalized spacial score (nSPS) is 14.9. The van der Waals surface area contributed by atoms with E-state index in [1.54, 1.807) is 13.0 Å². The lowest BCUT2D eigenvalue weighted by atomic mass is 9.92. The first kappa shape index (κ1) is 24.2. The molecule has 158 valence electrons. The Kier molecular flexibility index (Phi) is 10.3. The van der Waals surface area contributed by atoms with Crippen molar-refractivity contribution in [3.05, 3.63) is 48.6 Å². The summed E-state index contributed by atoms with van der Waals surface area (Å²) in [5.41, 5.74) is -3.41. The van der Waals surface area contributed by atoms with E-state index in [1.165, 1.54) is 24.3 Å². The molecular formula is C22H31F3O3. The zero-order valence-electron chi connectivity index (χ0n) is 16.8. The van der Waals surface area contributed by atoms with Gasteiger partial charge in [-0.25, -0.2) is 4.79 Å². The van der Waals surface area contributed by atoms with E-state index in [2.05, 4.69) is 6.58 Å². The van der Waals surface area contributed by atoms with Gasteiger partial charge < -0.3 is 9.47 Å². The van der Waals surface area contributed by atoms with Gasteiger partial charge in [-0.1, -0.05) is 62.1 Å². The molecular weight excluding hydrogens is 369 g/mol. The van der Waals surface area contributed by atoms with Crippen LogP contribution in [-0.4, -0.2) is 25.4 Å². The van der Waals surface area contributed by atoms with Crippen LogP contribution in [0.5, 0.6) is 0 Å². The minimum Gasteiger partial charge on any atom is -0.460 e. The Bertz CT molecular complexity index is 586. The highest BCUT2D eigenvalue weighted by atomic mass is 19.4. The molecule has 0 saturated carbocycles. The average Bonchev–Trinajstić information content (AvgIpc) is 2.64. The highest BCUT2D eigenvalue weighted by Gasteiger charge is 2.64. The highest BCUT2D eigenvalue weighted by molar-refractivity contribution is 5.82. The molecule has 0 amide bonds. The number of esters is 1. The second-order valence-electron chi connectivity index (χ2n) is 6.95. The maximum atomic E-state index is 13.8. The number of halogens is 3. The number of rotatable bonds is 13. The Morgan fingerprint density at radius 1 is 1.07 bits per heavy atom. The molecule has 0 aliphatic heterocycles. The average molecular weight is 400 g/mol. The molecule has 3 nitrogen and oxygen atoms in total. The molecule has 0 aliphatic carbocycles. The minimum absolute atomic E-state index is 0.290. The number of ether oxygens (including phenoxy) is 2. The molecule has 0 aromatic heterocycles. The van der Waals surface area contributed by atoms with Gasteiger partial charge in [-0.2, -0.15) is 13.2 Å². The summed E-state index contributed by atoms with van der Waals surface area (Å²) in [6.07, 6.45) is 4.12. The van der Waals surface area contributed by atoms with E-state index in [1.807, 2.05) is 6.08 Å². The number of benzene rings is 1. The Hall–Kier alpha value is -1.82. The van der Waals surface area contributed by atoms with Crippen molar-refractivity contribution in [2.45, 2.75) is 76.2 Å². The largest absolute Gasteiger partial charge is 0.460 e. The van der Waals surface area contributed by atoms with Crippen LogP contribution in [0.25, 0.3) is 0 Å². The van der Waals surface area contributed by atoms with Crippen molar-refractivity contribution in [3.63, 3.8) is 0 Å². The van der Waals surface area contributed by atoms with Crippen LogP contribution < -0.4 is 0 Å². The molecule has 1 unspecified atom stereocenters. The second-order valence-corrected chi connectivity index (χ2v) is 6.95. The number of unbranched alkanes of at least 4 members (excludes halogenated alkanes) is 6. The van der Waals surface area contributed by atoms with E-state index in [0.717, 1.165) is 52.1 Å². The summed E-state index contributed by atoms with van der Waals surface area (Å²) >= 11 is 0. The topological polar surface area (TPSA) is 35.5 Å². The fraction of sp³-hybridized carbons (Fsp3) is 0.591. The van der Waals surface area contributed by atoms with Gasteiger partial charge in [0.15, 0.2) is 0 Å². The molecule has 1 aromatic rings. The number of alkyl halides is 3. The fourth-order valence-electron chi connectivity index (χ4n) is 3.14. The lowest BCUT2D eigenvalue weighted by Gasteiger charge is -2.33. The van der Waals surface area contributed by atoms with Gasteiger partial charge in [-0.3, -0.25) is 0 Å². The summed E-state index contributed by atoms with van der Waals surface area (Å²) in [6.45, 7) is 5.30. The molecule has 0 heterocycles. The number of allylic oxidation sites excluding steroid dienone is 1. The van der Waals surface area contributed by atoms with Gasteiger partial charge in [0, 0.05) is 12.7 Å². The molecule has 28 heavy (non-hydrogen) atoms. The fourth-order valence-corrected chi connectivity index (χ4v) is 3.14. The van der Waals surface area contributed by atoms with Gasteiger partial charge in [-0.15, -0.1) is 6.58 Å². The summed E-state index contributed by atoms with van der Waals surface area (Å²) in [5.74, 6) is -1.43. The number of methoxy groups -OCH3 is 1. The summed E-state index contributed by atoms with van der Waals surface area (Å²) in [6, 6.07) is 6.87. The van der Waals surface area contributed by atoms with Crippen molar-refractivity contribution >= 4 is 5.97 Å². The van der Waals surface area contributed by atoms with Gasteiger partial charge in [0.05, 0.1) is 6.10 Å². The molecule has 1 rings (SSSR count). The van der Waals surface area contributed by atoms with Gasteiger partial charge in [0.25, 0.3) is 5.60 Å². The van der Waals surface area contributed by atoms with Crippen LogP contribution in [0, 0.1) is 0 Å².